The molecule has 4 nitrogen and oxygen atoms in total. The van der Waals surface area contributed by atoms with E-state index in [1.807, 2.05) is 36.4 Å². The zero-order chi connectivity index (χ0) is 13.8. The minimum absolute atomic E-state index is 0.299. The Bertz CT molecular complexity index is 550. The number of ether oxygens (including phenoxy) is 1. The molecule has 20 heavy (non-hydrogen) atoms. The van der Waals surface area contributed by atoms with Gasteiger partial charge in [0.15, 0.2) is 0 Å². The molecule has 3 rings (SSSR count). The van der Waals surface area contributed by atoms with E-state index in [9.17, 15) is 0 Å². The summed E-state index contributed by atoms with van der Waals surface area (Å²) >= 11 is 5.87. The van der Waals surface area contributed by atoms with E-state index < -0.39 is 0 Å². The molecule has 1 aromatic carbocycles. The molecule has 1 aliphatic heterocycles. The van der Waals surface area contributed by atoms with Gasteiger partial charge in [-0.3, -0.25) is 0 Å². The molecule has 1 aliphatic rings. The topological polar surface area (TPSA) is 47.0 Å². The summed E-state index contributed by atoms with van der Waals surface area (Å²) in [4.78, 5) is 0. The average Bonchev–Trinajstić information content (AvgIpc) is 3.00. The van der Waals surface area contributed by atoms with E-state index in [1.165, 1.54) is 0 Å². The second kappa shape index (κ2) is 6.20. The van der Waals surface area contributed by atoms with Gasteiger partial charge in [0.1, 0.15) is 5.82 Å². The number of anilines is 1. The minimum atomic E-state index is 0.299. The number of nitrogens with one attached hydrogen (secondary N) is 1. The number of halogens is 1. The van der Waals surface area contributed by atoms with Crippen LogP contribution >= 0.6 is 11.6 Å². The number of aromatic nitrogens is 2. The van der Waals surface area contributed by atoms with Crippen LogP contribution in [0.2, 0.25) is 5.02 Å². The van der Waals surface area contributed by atoms with Crippen LogP contribution < -0.4 is 5.32 Å². The number of hydrogen-bond acceptors (Lipinski definition) is 4. The molecule has 0 amide bonds. The lowest BCUT2D eigenvalue weighted by Crippen LogP contribution is -2.19. The van der Waals surface area contributed by atoms with Gasteiger partial charge < -0.3 is 10.1 Å². The third-order valence-corrected chi connectivity index (χ3v) is 3.59. The summed E-state index contributed by atoms with van der Waals surface area (Å²) in [7, 11) is 0. The molecule has 0 bridgehead atoms. The van der Waals surface area contributed by atoms with Gasteiger partial charge in [-0.2, -0.15) is 0 Å². The molecule has 104 valence electrons. The van der Waals surface area contributed by atoms with Crippen molar-refractivity contribution in [3.63, 3.8) is 0 Å². The molecular weight excluding hydrogens is 274 g/mol. The normalized spacial score (nSPS) is 18.1. The lowest BCUT2D eigenvalue weighted by atomic mass is 10.1. The molecule has 1 atom stereocenters. The third-order valence-electron chi connectivity index (χ3n) is 3.34. The summed E-state index contributed by atoms with van der Waals surface area (Å²) in [6.07, 6.45) is 2.56. The van der Waals surface area contributed by atoms with Gasteiger partial charge in [0.25, 0.3) is 0 Å². The van der Waals surface area contributed by atoms with Gasteiger partial charge in [-0.25, -0.2) is 0 Å². The van der Waals surface area contributed by atoms with Gasteiger partial charge in [0.05, 0.1) is 11.8 Å². The summed E-state index contributed by atoms with van der Waals surface area (Å²) in [5.41, 5.74) is 1.84. The standard InChI is InChI=1S/C15H16ClN3O/c16-12-5-3-11(4-6-12)14-7-8-15(19-18-14)17-10-13-2-1-9-20-13/h3-8,13H,1-2,9-10H2,(H,17,19)/t13-/m1/s1. The van der Waals surface area contributed by atoms with E-state index >= 15 is 0 Å². The van der Waals surface area contributed by atoms with Crippen LogP contribution in [-0.2, 0) is 4.74 Å². The van der Waals surface area contributed by atoms with Gasteiger partial charge in [-0.05, 0) is 37.1 Å². The van der Waals surface area contributed by atoms with Gasteiger partial charge in [-0.1, -0.05) is 23.7 Å². The van der Waals surface area contributed by atoms with Crippen molar-refractivity contribution < 1.29 is 4.74 Å². The van der Waals surface area contributed by atoms with Crippen LogP contribution in [0.5, 0.6) is 0 Å². The summed E-state index contributed by atoms with van der Waals surface area (Å²) in [6, 6.07) is 11.5. The minimum Gasteiger partial charge on any atom is -0.376 e. The Labute approximate surface area is 123 Å². The molecule has 0 unspecified atom stereocenters. The van der Waals surface area contributed by atoms with E-state index in [-0.39, 0.29) is 0 Å². The van der Waals surface area contributed by atoms with E-state index in [2.05, 4.69) is 15.5 Å². The molecule has 5 heteroatoms. The van der Waals surface area contributed by atoms with Crippen molar-refractivity contribution in [3.05, 3.63) is 41.4 Å². The largest absolute Gasteiger partial charge is 0.376 e. The van der Waals surface area contributed by atoms with Crippen molar-refractivity contribution in [1.82, 2.24) is 10.2 Å². The van der Waals surface area contributed by atoms with Crippen molar-refractivity contribution in [2.45, 2.75) is 18.9 Å². The van der Waals surface area contributed by atoms with Gasteiger partial charge in [0.2, 0.25) is 0 Å². The fraction of sp³-hybridized carbons (Fsp3) is 0.333. The van der Waals surface area contributed by atoms with E-state index in [0.29, 0.717) is 6.10 Å². The maximum atomic E-state index is 5.87. The zero-order valence-electron chi connectivity index (χ0n) is 11.1. The second-order valence-corrected chi connectivity index (χ2v) is 5.26. The van der Waals surface area contributed by atoms with Gasteiger partial charge in [0, 0.05) is 23.7 Å². The quantitative estimate of drug-likeness (QED) is 0.937. The number of rotatable bonds is 4. The lowest BCUT2D eigenvalue weighted by molar-refractivity contribution is 0.120. The average molecular weight is 290 g/mol. The van der Waals surface area contributed by atoms with Crippen molar-refractivity contribution in [2.24, 2.45) is 0 Å². The molecule has 2 aromatic rings. The highest BCUT2D eigenvalue weighted by atomic mass is 35.5. The van der Waals surface area contributed by atoms with Crippen molar-refractivity contribution >= 4 is 17.4 Å². The zero-order valence-corrected chi connectivity index (χ0v) is 11.8. The smallest absolute Gasteiger partial charge is 0.148 e. The van der Waals surface area contributed by atoms with E-state index in [4.69, 9.17) is 16.3 Å². The fourth-order valence-corrected chi connectivity index (χ4v) is 2.35. The highest BCUT2D eigenvalue weighted by Crippen LogP contribution is 2.20. The van der Waals surface area contributed by atoms with Crippen LogP contribution in [0, 0.1) is 0 Å². The molecule has 0 saturated carbocycles. The molecule has 2 heterocycles. The molecule has 0 aliphatic carbocycles. The molecule has 0 spiro atoms. The first-order valence-corrected chi connectivity index (χ1v) is 7.14. The first-order chi connectivity index (χ1) is 9.81. The molecule has 1 fully saturated rings. The van der Waals surface area contributed by atoms with Crippen molar-refractivity contribution in [1.29, 1.82) is 0 Å². The first-order valence-electron chi connectivity index (χ1n) is 6.76. The maximum Gasteiger partial charge on any atom is 0.148 e. The molecule has 0 radical (unpaired) electrons. The van der Waals surface area contributed by atoms with E-state index in [1.54, 1.807) is 0 Å². The predicted molar refractivity (Wildman–Crippen MR) is 79.9 cm³/mol. The Balaban J connectivity index is 1.63. The van der Waals surface area contributed by atoms with Crippen molar-refractivity contribution in [2.75, 3.05) is 18.5 Å². The van der Waals surface area contributed by atoms with Crippen LogP contribution in [0.15, 0.2) is 36.4 Å². The number of benzene rings is 1. The highest BCUT2D eigenvalue weighted by molar-refractivity contribution is 6.30. The van der Waals surface area contributed by atoms with Crippen LogP contribution in [0.3, 0.4) is 0 Å². The summed E-state index contributed by atoms with van der Waals surface area (Å²) in [6.45, 7) is 1.66. The van der Waals surface area contributed by atoms with Crippen LogP contribution in [0.25, 0.3) is 11.3 Å². The SMILES string of the molecule is Clc1ccc(-c2ccc(NC[C@H]3CCCO3)nn2)cc1. The summed E-state index contributed by atoms with van der Waals surface area (Å²) in [5.74, 6) is 0.776. The first kappa shape index (κ1) is 13.3. The van der Waals surface area contributed by atoms with Crippen LogP contribution in [0.4, 0.5) is 5.82 Å². The summed E-state index contributed by atoms with van der Waals surface area (Å²) < 4.78 is 5.56. The fourth-order valence-electron chi connectivity index (χ4n) is 2.22. The Hall–Kier alpha value is -1.65. The predicted octanol–water partition coefficient (Wildman–Crippen LogP) is 3.39. The third kappa shape index (κ3) is 3.26. The highest BCUT2D eigenvalue weighted by Gasteiger charge is 2.15. The van der Waals surface area contributed by atoms with Crippen molar-refractivity contribution in [3.8, 4) is 11.3 Å². The van der Waals surface area contributed by atoms with Gasteiger partial charge >= 0.3 is 0 Å². The summed E-state index contributed by atoms with van der Waals surface area (Å²) in [5, 5.41) is 12.4. The van der Waals surface area contributed by atoms with Crippen LogP contribution in [-0.4, -0.2) is 29.5 Å². The Morgan fingerprint density at radius 2 is 2.00 bits per heavy atom. The monoisotopic (exact) mass is 289 g/mol. The maximum absolute atomic E-state index is 5.87. The number of hydrogen-bond donors (Lipinski definition) is 1. The molecular formula is C15H16ClN3O. The Kier molecular flexibility index (Phi) is 4.14. The Morgan fingerprint density at radius 3 is 2.65 bits per heavy atom. The van der Waals surface area contributed by atoms with Gasteiger partial charge in [-0.15, -0.1) is 10.2 Å². The second-order valence-electron chi connectivity index (χ2n) is 4.83. The Morgan fingerprint density at radius 1 is 1.15 bits per heavy atom. The number of nitrogens with zero attached hydrogens (tertiary/aromatic N) is 2. The lowest BCUT2D eigenvalue weighted by Gasteiger charge is -2.10. The van der Waals surface area contributed by atoms with E-state index in [0.717, 1.165) is 48.1 Å². The molecule has 1 saturated heterocycles. The van der Waals surface area contributed by atoms with Crippen LogP contribution in [0.1, 0.15) is 12.8 Å². The molecule has 1 aromatic heterocycles. The molecule has 1 N–H and O–H groups in total.